The van der Waals surface area contributed by atoms with Gasteiger partial charge < -0.3 is 9.30 Å². The third kappa shape index (κ3) is 1.43. The van der Waals surface area contributed by atoms with E-state index in [4.69, 9.17) is 4.74 Å². The third-order valence-electron chi connectivity index (χ3n) is 3.21. The molecule has 0 saturated heterocycles. The molecule has 0 N–H and O–H groups in total. The molecule has 0 aliphatic carbocycles. The molecule has 0 atom stereocenters. The van der Waals surface area contributed by atoms with Gasteiger partial charge in [0.05, 0.1) is 17.6 Å². The van der Waals surface area contributed by atoms with Crippen molar-refractivity contribution in [1.82, 2.24) is 9.55 Å². The van der Waals surface area contributed by atoms with E-state index in [1.54, 1.807) is 0 Å². The molecule has 1 aromatic carbocycles. The van der Waals surface area contributed by atoms with Crippen LogP contribution in [0.5, 0.6) is 0 Å². The number of fused-ring (bicyclic) bond motifs is 3. The monoisotopic (exact) mass is 216 g/mol. The van der Waals surface area contributed by atoms with Crippen molar-refractivity contribution in [3.63, 3.8) is 0 Å². The highest BCUT2D eigenvalue weighted by Crippen LogP contribution is 2.23. The first kappa shape index (κ1) is 9.85. The topological polar surface area (TPSA) is 27.1 Å². The normalized spacial score (nSPS) is 15.7. The van der Waals surface area contributed by atoms with Crippen LogP contribution in [0.4, 0.5) is 0 Å². The van der Waals surface area contributed by atoms with Gasteiger partial charge in [-0.2, -0.15) is 0 Å². The predicted molar refractivity (Wildman–Crippen MR) is 63.5 cm³/mol. The molecular weight excluding hydrogens is 200 g/mol. The summed E-state index contributed by atoms with van der Waals surface area (Å²) in [7, 11) is 0. The van der Waals surface area contributed by atoms with Crippen LogP contribution in [0.25, 0.3) is 11.0 Å². The second-order valence-corrected chi connectivity index (χ2v) is 4.64. The van der Waals surface area contributed by atoms with Crippen molar-refractivity contribution in [3.8, 4) is 0 Å². The van der Waals surface area contributed by atoms with E-state index in [0.717, 1.165) is 24.5 Å². The fourth-order valence-electron chi connectivity index (χ4n) is 2.23. The summed E-state index contributed by atoms with van der Waals surface area (Å²) in [5.41, 5.74) is 3.69. The molecule has 1 aromatic heterocycles. The highest BCUT2D eigenvalue weighted by molar-refractivity contribution is 5.77. The Morgan fingerprint density at radius 3 is 3.06 bits per heavy atom. The summed E-state index contributed by atoms with van der Waals surface area (Å²) in [6.07, 6.45) is 0. The Balaban J connectivity index is 2.19. The number of rotatable bonds is 1. The fourth-order valence-corrected chi connectivity index (χ4v) is 2.23. The van der Waals surface area contributed by atoms with E-state index >= 15 is 0 Å². The zero-order valence-corrected chi connectivity index (χ0v) is 9.73. The summed E-state index contributed by atoms with van der Waals surface area (Å²) in [5, 5.41) is 0. The Labute approximate surface area is 95.0 Å². The smallest absolute Gasteiger partial charge is 0.136 e. The van der Waals surface area contributed by atoms with Crippen LogP contribution in [0.2, 0.25) is 0 Å². The molecule has 1 aliphatic heterocycles. The van der Waals surface area contributed by atoms with Crippen molar-refractivity contribution in [1.29, 1.82) is 0 Å². The lowest BCUT2D eigenvalue weighted by molar-refractivity contribution is 0.0830. The van der Waals surface area contributed by atoms with Gasteiger partial charge in [0, 0.05) is 6.54 Å². The highest BCUT2D eigenvalue weighted by Gasteiger charge is 2.15. The van der Waals surface area contributed by atoms with Crippen LogP contribution >= 0.6 is 0 Å². The third-order valence-corrected chi connectivity index (χ3v) is 3.21. The Kier molecular flexibility index (Phi) is 2.21. The van der Waals surface area contributed by atoms with Crippen LogP contribution in [-0.2, 0) is 17.9 Å². The molecule has 0 spiro atoms. The summed E-state index contributed by atoms with van der Waals surface area (Å²) in [5.74, 6) is 1.61. The SMILES string of the molecule is CC(C)c1ccc2c(c1)nc1n2CCOC1. The molecule has 3 heteroatoms. The number of benzene rings is 1. The maximum atomic E-state index is 5.42. The zero-order valence-electron chi connectivity index (χ0n) is 9.73. The van der Waals surface area contributed by atoms with Crippen LogP contribution < -0.4 is 0 Å². The van der Waals surface area contributed by atoms with Crippen molar-refractivity contribution >= 4 is 11.0 Å². The molecule has 0 bridgehead atoms. The summed E-state index contributed by atoms with van der Waals surface area (Å²) < 4.78 is 7.69. The van der Waals surface area contributed by atoms with E-state index in [-0.39, 0.29) is 0 Å². The number of nitrogens with zero attached hydrogens (tertiary/aromatic N) is 2. The van der Waals surface area contributed by atoms with Gasteiger partial charge in [0.2, 0.25) is 0 Å². The van der Waals surface area contributed by atoms with Gasteiger partial charge in [-0.25, -0.2) is 4.98 Å². The van der Waals surface area contributed by atoms with Crippen molar-refractivity contribution < 1.29 is 4.74 Å². The Bertz CT molecular complexity index is 528. The van der Waals surface area contributed by atoms with Gasteiger partial charge in [0.1, 0.15) is 12.4 Å². The predicted octanol–water partition coefficient (Wildman–Crippen LogP) is 2.69. The molecule has 2 aromatic rings. The fraction of sp³-hybridized carbons (Fsp3) is 0.462. The van der Waals surface area contributed by atoms with Crippen LogP contribution in [0, 0.1) is 0 Å². The van der Waals surface area contributed by atoms with E-state index in [9.17, 15) is 0 Å². The lowest BCUT2D eigenvalue weighted by Crippen LogP contribution is -2.16. The Hall–Kier alpha value is -1.35. The Morgan fingerprint density at radius 2 is 2.25 bits per heavy atom. The lowest BCUT2D eigenvalue weighted by Gasteiger charge is -2.14. The van der Waals surface area contributed by atoms with Gasteiger partial charge in [-0.15, -0.1) is 0 Å². The molecule has 16 heavy (non-hydrogen) atoms. The van der Waals surface area contributed by atoms with Gasteiger partial charge in [-0.3, -0.25) is 0 Å². The van der Waals surface area contributed by atoms with E-state index in [1.165, 1.54) is 11.1 Å². The van der Waals surface area contributed by atoms with Crippen molar-refractivity contribution in [2.75, 3.05) is 6.61 Å². The molecule has 0 unspecified atom stereocenters. The van der Waals surface area contributed by atoms with Gasteiger partial charge in [-0.05, 0) is 23.6 Å². The average molecular weight is 216 g/mol. The van der Waals surface area contributed by atoms with Crippen molar-refractivity contribution in [2.45, 2.75) is 32.9 Å². The average Bonchev–Trinajstić information content (AvgIpc) is 2.66. The second kappa shape index (κ2) is 3.59. The maximum Gasteiger partial charge on any atom is 0.136 e. The summed E-state index contributed by atoms with van der Waals surface area (Å²) in [6.45, 7) is 6.78. The van der Waals surface area contributed by atoms with Gasteiger partial charge in [0.25, 0.3) is 0 Å². The van der Waals surface area contributed by atoms with E-state index in [2.05, 4.69) is 41.6 Å². The minimum Gasteiger partial charge on any atom is -0.372 e. The van der Waals surface area contributed by atoms with Gasteiger partial charge in [-0.1, -0.05) is 19.9 Å². The van der Waals surface area contributed by atoms with Crippen molar-refractivity contribution in [2.24, 2.45) is 0 Å². The molecule has 84 valence electrons. The molecular formula is C13H16N2O. The standard InChI is InChI=1S/C13H16N2O/c1-9(2)10-3-4-12-11(7-10)14-13-8-16-6-5-15(12)13/h3-4,7,9H,5-6,8H2,1-2H3. The number of aromatic nitrogens is 2. The lowest BCUT2D eigenvalue weighted by atomic mass is 10.0. The molecule has 0 fully saturated rings. The number of hydrogen-bond donors (Lipinski definition) is 0. The number of ether oxygens (including phenoxy) is 1. The molecule has 1 aliphatic rings. The minimum atomic E-state index is 0.555. The first-order chi connectivity index (χ1) is 7.75. The highest BCUT2D eigenvalue weighted by atomic mass is 16.5. The first-order valence-electron chi connectivity index (χ1n) is 5.82. The minimum absolute atomic E-state index is 0.555. The molecule has 2 heterocycles. The van der Waals surface area contributed by atoms with Crippen LogP contribution in [-0.4, -0.2) is 16.2 Å². The van der Waals surface area contributed by atoms with Crippen LogP contribution in [0.3, 0.4) is 0 Å². The summed E-state index contributed by atoms with van der Waals surface area (Å²) in [6, 6.07) is 6.59. The van der Waals surface area contributed by atoms with E-state index < -0.39 is 0 Å². The number of imidazole rings is 1. The largest absolute Gasteiger partial charge is 0.372 e. The molecule has 0 amide bonds. The van der Waals surface area contributed by atoms with Crippen LogP contribution in [0.1, 0.15) is 31.2 Å². The van der Waals surface area contributed by atoms with E-state index in [1.807, 2.05) is 0 Å². The number of hydrogen-bond acceptors (Lipinski definition) is 2. The molecule has 3 nitrogen and oxygen atoms in total. The molecule has 3 rings (SSSR count). The summed E-state index contributed by atoms with van der Waals surface area (Å²) in [4.78, 5) is 4.63. The first-order valence-corrected chi connectivity index (χ1v) is 5.82. The maximum absolute atomic E-state index is 5.42. The second-order valence-electron chi connectivity index (χ2n) is 4.64. The Morgan fingerprint density at radius 1 is 1.38 bits per heavy atom. The van der Waals surface area contributed by atoms with Crippen LogP contribution in [0.15, 0.2) is 18.2 Å². The zero-order chi connectivity index (χ0) is 11.1. The molecule has 0 saturated carbocycles. The van der Waals surface area contributed by atoms with Gasteiger partial charge >= 0.3 is 0 Å². The quantitative estimate of drug-likeness (QED) is 0.732. The van der Waals surface area contributed by atoms with E-state index in [0.29, 0.717) is 12.5 Å². The van der Waals surface area contributed by atoms with Crippen molar-refractivity contribution in [3.05, 3.63) is 29.6 Å². The molecule has 0 radical (unpaired) electrons. The summed E-state index contributed by atoms with van der Waals surface area (Å²) >= 11 is 0. The van der Waals surface area contributed by atoms with Gasteiger partial charge in [0.15, 0.2) is 0 Å².